The smallest absolute Gasteiger partial charge is 0.306 e. The van der Waals surface area contributed by atoms with Crippen molar-refractivity contribution in [2.24, 2.45) is 11.8 Å². The minimum Gasteiger partial charge on any atom is -0.462 e. The highest BCUT2D eigenvalue weighted by Gasteiger charge is 2.33. The number of hydrogen-bond donors (Lipinski definition) is 0. The molecule has 0 N–H and O–H groups in total. The average molecular weight is 270 g/mol. The first-order valence-corrected chi connectivity index (χ1v) is 8.87. The summed E-state index contributed by atoms with van der Waals surface area (Å²) in [5.41, 5.74) is 0. The highest BCUT2D eigenvalue weighted by Crippen LogP contribution is 2.41. The van der Waals surface area contributed by atoms with E-state index in [4.69, 9.17) is 4.74 Å². The number of rotatable bonds is 5. The summed E-state index contributed by atoms with van der Waals surface area (Å²) in [5, 5.41) is 0. The fourth-order valence-corrected chi connectivity index (χ4v) is 3.98. The fraction of sp³-hybridized carbons (Fsp3) is 0.933. The van der Waals surface area contributed by atoms with Gasteiger partial charge in [-0.25, -0.2) is 0 Å². The molecule has 3 heteroatoms. The second-order valence-corrected chi connectivity index (χ2v) is 6.81. The van der Waals surface area contributed by atoms with Crippen molar-refractivity contribution in [3.05, 3.63) is 0 Å². The molecule has 0 aliphatic heterocycles. The Labute approximate surface area is 115 Å². The van der Waals surface area contributed by atoms with E-state index >= 15 is 0 Å². The molecule has 0 aromatic carbocycles. The van der Waals surface area contributed by atoms with Crippen molar-refractivity contribution in [1.82, 2.24) is 0 Å². The summed E-state index contributed by atoms with van der Waals surface area (Å²) in [6.45, 7) is 0. The van der Waals surface area contributed by atoms with Crippen LogP contribution in [0.4, 0.5) is 0 Å². The number of carbonyl (C=O) groups is 1. The fourth-order valence-electron chi connectivity index (χ4n) is 3.54. The summed E-state index contributed by atoms with van der Waals surface area (Å²) in [5.74, 6) is 2.87. The Bertz CT molecular complexity index is 267. The first kappa shape index (κ1) is 14.2. The van der Waals surface area contributed by atoms with Gasteiger partial charge in [-0.2, -0.15) is 11.8 Å². The summed E-state index contributed by atoms with van der Waals surface area (Å²) in [6, 6.07) is 0. The molecule has 0 aromatic rings. The molecule has 2 nitrogen and oxygen atoms in total. The lowest BCUT2D eigenvalue weighted by molar-refractivity contribution is -0.152. The van der Waals surface area contributed by atoms with Crippen LogP contribution in [0.2, 0.25) is 0 Å². The number of ether oxygens (including phenoxy) is 1. The van der Waals surface area contributed by atoms with Gasteiger partial charge < -0.3 is 4.74 Å². The van der Waals surface area contributed by atoms with Crippen molar-refractivity contribution in [3.63, 3.8) is 0 Å². The third-order valence-electron chi connectivity index (χ3n) is 4.52. The quantitative estimate of drug-likeness (QED) is 0.557. The van der Waals surface area contributed by atoms with Gasteiger partial charge in [0.1, 0.15) is 6.10 Å². The van der Waals surface area contributed by atoms with Crippen LogP contribution < -0.4 is 0 Å². The van der Waals surface area contributed by atoms with Crippen LogP contribution in [0.5, 0.6) is 0 Å². The van der Waals surface area contributed by atoms with Crippen LogP contribution in [0.3, 0.4) is 0 Å². The van der Waals surface area contributed by atoms with Gasteiger partial charge in [-0.05, 0) is 49.5 Å². The Morgan fingerprint density at radius 3 is 2.72 bits per heavy atom. The lowest BCUT2D eigenvalue weighted by atomic mass is 9.70. The van der Waals surface area contributed by atoms with Crippen LogP contribution >= 0.6 is 11.8 Å². The Morgan fingerprint density at radius 2 is 1.94 bits per heavy atom. The molecular weight excluding hydrogens is 244 g/mol. The largest absolute Gasteiger partial charge is 0.462 e. The molecule has 2 aliphatic carbocycles. The molecule has 0 saturated heterocycles. The van der Waals surface area contributed by atoms with E-state index in [1.807, 2.05) is 0 Å². The maximum atomic E-state index is 11.7. The standard InChI is InChI=1S/C15H26O2S/c1-18-10-4-7-15(16)17-14-9-8-12-5-2-3-6-13(12)11-14/h12-14H,2-11H2,1H3. The Morgan fingerprint density at radius 1 is 1.17 bits per heavy atom. The highest BCUT2D eigenvalue weighted by atomic mass is 32.2. The molecule has 0 bridgehead atoms. The van der Waals surface area contributed by atoms with Crippen LogP contribution in [0.1, 0.15) is 57.8 Å². The van der Waals surface area contributed by atoms with Crippen molar-refractivity contribution in [3.8, 4) is 0 Å². The van der Waals surface area contributed by atoms with Crippen LogP contribution in [0.15, 0.2) is 0 Å². The van der Waals surface area contributed by atoms with E-state index in [9.17, 15) is 4.79 Å². The van der Waals surface area contributed by atoms with Crippen molar-refractivity contribution >= 4 is 17.7 Å². The van der Waals surface area contributed by atoms with Gasteiger partial charge in [0.15, 0.2) is 0 Å². The normalized spacial score (nSPS) is 31.7. The van der Waals surface area contributed by atoms with Gasteiger partial charge in [-0.3, -0.25) is 4.79 Å². The zero-order valence-electron chi connectivity index (χ0n) is 11.5. The van der Waals surface area contributed by atoms with E-state index in [0.717, 1.165) is 36.9 Å². The van der Waals surface area contributed by atoms with E-state index in [1.165, 1.54) is 32.1 Å². The van der Waals surface area contributed by atoms with Gasteiger partial charge in [-0.1, -0.05) is 25.7 Å². The van der Waals surface area contributed by atoms with Gasteiger partial charge in [0.25, 0.3) is 0 Å². The average Bonchev–Trinajstić information content (AvgIpc) is 2.39. The van der Waals surface area contributed by atoms with Crippen LogP contribution in [-0.4, -0.2) is 24.1 Å². The summed E-state index contributed by atoms with van der Waals surface area (Å²) < 4.78 is 5.64. The highest BCUT2D eigenvalue weighted by molar-refractivity contribution is 7.98. The lowest BCUT2D eigenvalue weighted by Gasteiger charge is -2.38. The molecule has 0 aromatic heterocycles. The van der Waals surface area contributed by atoms with Gasteiger partial charge >= 0.3 is 5.97 Å². The van der Waals surface area contributed by atoms with Gasteiger partial charge in [0.05, 0.1) is 0 Å². The molecule has 2 saturated carbocycles. The molecule has 2 fully saturated rings. The minimum absolute atomic E-state index is 0.0308. The van der Waals surface area contributed by atoms with Crippen LogP contribution in [0.25, 0.3) is 0 Å². The van der Waals surface area contributed by atoms with Gasteiger partial charge in [-0.15, -0.1) is 0 Å². The van der Waals surface area contributed by atoms with Gasteiger partial charge in [0.2, 0.25) is 0 Å². The van der Waals surface area contributed by atoms with E-state index in [2.05, 4.69) is 6.26 Å². The Kier molecular flexibility index (Phi) is 5.87. The molecule has 3 unspecified atom stereocenters. The molecule has 2 aliphatic rings. The Hall–Kier alpha value is -0.180. The second kappa shape index (κ2) is 7.42. The molecule has 0 amide bonds. The van der Waals surface area contributed by atoms with Crippen molar-refractivity contribution < 1.29 is 9.53 Å². The second-order valence-electron chi connectivity index (χ2n) is 5.83. The lowest BCUT2D eigenvalue weighted by Crippen LogP contribution is -2.33. The summed E-state index contributed by atoms with van der Waals surface area (Å²) in [6.07, 6.45) is 13.0. The third kappa shape index (κ3) is 4.18. The Balaban J connectivity index is 1.69. The number of thioether (sulfide) groups is 1. The van der Waals surface area contributed by atoms with Crippen LogP contribution in [0, 0.1) is 11.8 Å². The molecule has 0 radical (unpaired) electrons. The summed E-state index contributed by atoms with van der Waals surface area (Å²) in [4.78, 5) is 11.7. The molecule has 0 heterocycles. The monoisotopic (exact) mass is 270 g/mol. The number of fused-ring (bicyclic) bond motifs is 1. The van der Waals surface area contributed by atoms with E-state index in [-0.39, 0.29) is 12.1 Å². The molecular formula is C15H26O2S. The predicted octanol–water partition coefficient (Wildman–Crippen LogP) is 4.03. The third-order valence-corrected chi connectivity index (χ3v) is 5.22. The SMILES string of the molecule is CSCCCC(=O)OC1CCC2CCCCC2C1. The molecule has 0 spiro atoms. The first-order valence-electron chi connectivity index (χ1n) is 7.48. The van der Waals surface area contributed by atoms with Crippen molar-refractivity contribution in [2.75, 3.05) is 12.0 Å². The maximum Gasteiger partial charge on any atom is 0.306 e. The van der Waals surface area contributed by atoms with Crippen molar-refractivity contribution in [1.29, 1.82) is 0 Å². The number of esters is 1. The topological polar surface area (TPSA) is 26.3 Å². The number of hydrogen-bond acceptors (Lipinski definition) is 3. The number of carbonyl (C=O) groups excluding carboxylic acids is 1. The van der Waals surface area contributed by atoms with E-state index in [1.54, 1.807) is 11.8 Å². The first-order chi connectivity index (χ1) is 8.79. The van der Waals surface area contributed by atoms with Gasteiger partial charge in [0, 0.05) is 6.42 Å². The zero-order valence-corrected chi connectivity index (χ0v) is 12.3. The molecule has 3 atom stereocenters. The molecule has 104 valence electrons. The summed E-state index contributed by atoms with van der Waals surface area (Å²) in [7, 11) is 0. The zero-order chi connectivity index (χ0) is 12.8. The van der Waals surface area contributed by atoms with E-state index < -0.39 is 0 Å². The van der Waals surface area contributed by atoms with Crippen LogP contribution in [-0.2, 0) is 9.53 Å². The molecule has 2 rings (SSSR count). The predicted molar refractivity (Wildman–Crippen MR) is 76.8 cm³/mol. The maximum absolute atomic E-state index is 11.7. The van der Waals surface area contributed by atoms with Crippen molar-refractivity contribution in [2.45, 2.75) is 63.9 Å². The molecule has 18 heavy (non-hydrogen) atoms. The minimum atomic E-state index is 0.0308. The van der Waals surface area contributed by atoms with E-state index in [0.29, 0.717) is 6.42 Å². The summed E-state index contributed by atoms with van der Waals surface area (Å²) >= 11 is 1.80.